The summed E-state index contributed by atoms with van der Waals surface area (Å²) < 4.78 is 11.3. The topological polar surface area (TPSA) is 84.8 Å². The number of nitrogens with zero attached hydrogens (tertiary/aromatic N) is 5. The van der Waals surface area contributed by atoms with Crippen LogP contribution in [0.3, 0.4) is 0 Å². The third-order valence-electron chi connectivity index (χ3n) is 5.27. The van der Waals surface area contributed by atoms with Crippen LogP contribution in [0.25, 0.3) is 0 Å². The van der Waals surface area contributed by atoms with Crippen molar-refractivity contribution in [2.45, 2.75) is 26.7 Å². The van der Waals surface area contributed by atoms with Gasteiger partial charge in [-0.1, -0.05) is 38.1 Å². The molecule has 2 aliphatic rings. The van der Waals surface area contributed by atoms with Crippen LogP contribution in [0, 0.1) is 5.41 Å². The highest BCUT2D eigenvalue weighted by Gasteiger charge is 2.18. The van der Waals surface area contributed by atoms with Crippen molar-refractivity contribution >= 4 is 17.9 Å². The van der Waals surface area contributed by atoms with Crippen molar-refractivity contribution in [1.29, 1.82) is 0 Å². The predicted octanol–water partition coefficient (Wildman–Crippen LogP) is 3.64. The largest absolute Gasteiger partial charge is 0.463 e. The Kier molecular flexibility index (Phi) is 7.11. The molecule has 2 aromatic heterocycles. The summed E-state index contributed by atoms with van der Waals surface area (Å²) in [5.74, 6) is 1.39. The Morgan fingerprint density at radius 3 is 2.91 bits per heavy atom. The smallest absolute Gasteiger partial charge is 0.320 e. The van der Waals surface area contributed by atoms with Crippen molar-refractivity contribution in [2.75, 3.05) is 43.2 Å². The van der Waals surface area contributed by atoms with Gasteiger partial charge in [-0.2, -0.15) is 15.1 Å². The van der Waals surface area contributed by atoms with Crippen LogP contribution in [0.2, 0.25) is 0 Å². The lowest BCUT2D eigenvalue weighted by Gasteiger charge is -2.28. The average Bonchev–Trinajstić information content (AvgIpc) is 2.80. The van der Waals surface area contributed by atoms with Gasteiger partial charge in [-0.3, -0.25) is 10.4 Å². The van der Waals surface area contributed by atoms with E-state index in [2.05, 4.69) is 62.5 Å². The number of rotatable bonds is 8. The van der Waals surface area contributed by atoms with E-state index in [-0.39, 0.29) is 5.41 Å². The molecule has 4 rings (SSSR count). The average molecular weight is 435 g/mol. The molecule has 1 fully saturated rings. The predicted molar refractivity (Wildman–Crippen MR) is 126 cm³/mol. The summed E-state index contributed by atoms with van der Waals surface area (Å²) in [6, 6.07) is 8.07. The number of pyridine rings is 1. The fourth-order valence-corrected chi connectivity index (χ4v) is 3.63. The molecule has 168 valence electrons. The molecule has 1 aliphatic carbocycles. The number of ether oxygens (including phenoxy) is 2. The molecule has 1 aliphatic heterocycles. The standard InChI is InChI=1S/C24H30N6O2/c1-24(2)9-5-6-19(17-24)18-26-29-21-16-22(30-11-14-31-15-12-30)28-23(27-21)32-13-8-20-7-3-4-10-25-20/h3-7,9-10,16,18H,8,11-15,17H2,1-2H3,(H,27,28,29)/b26-18+. The number of anilines is 2. The van der Waals surface area contributed by atoms with Crippen LogP contribution in [0.1, 0.15) is 26.0 Å². The molecule has 3 heterocycles. The Hall–Kier alpha value is -3.26. The summed E-state index contributed by atoms with van der Waals surface area (Å²) in [6.07, 6.45) is 11.6. The fraction of sp³-hybridized carbons (Fsp3) is 0.417. The first kappa shape index (κ1) is 22.0. The number of aromatic nitrogens is 3. The van der Waals surface area contributed by atoms with Gasteiger partial charge in [0.05, 0.1) is 26.0 Å². The summed E-state index contributed by atoms with van der Waals surface area (Å²) in [5, 5.41) is 4.41. The normalized spacial score (nSPS) is 17.9. The highest BCUT2D eigenvalue weighted by molar-refractivity contribution is 5.80. The van der Waals surface area contributed by atoms with Gasteiger partial charge in [-0.25, -0.2) is 0 Å². The molecule has 0 radical (unpaired) electrons. The quantitative estimate of drug-likeness (QED) is 0.501. The number of hydrazone groups is 1. The lowest BCUT2D eigenvalue weighted by molar-refractivity contribution is 0.122. The van der Waals surface area contributed by atoms with Crippen molar-refractivity contribution in [2.24, 2.45) is 10.5 Å². The molecule has 32 heavy (non-hydrogen) atoms. The van der Waals surface area contributed by atoms with Crippen LogP contribution in [-0.2, 0) is 11.2 Å². The van der Waals surface area contributed by atoms with Crippen LogP contribution in [-0.4, -0.2) is 54.1 Å². The molecule has 2 aromatic rings. The Labute approximate surface area is 189 Å². The monoisotopic (exact) mass is 434 g/mol. The van der Waals surface area contributed by atoms with Crippen molar-refractivity contribution < 1.29 is 9.47 Å². The number of hydrogen-bond donors (Lipinski definition) is 1. The minimum atomic E-state index is 0.142. The second-order valence-electron chi connectivity index (χ2n) is 8.55. The molecule has 0 aromatic carbocycles. The molecule has 0 spiro atoms. The van der Waals surface area contributed by atoms with Crippen LogP contribution in [0.5, 0.6) is 6.01 Å². The zero-order valence-corrected chi connectivity index (χ0v) is 18.7. The summed E-state index contributed by atoms with van der Waals surface area (Å²) in [6.45, 7) is 7.79. The summed E-state index contributed by atoms with van der Waals surface area (Å²) in [4.78, 5) is 15.6. The first-order chi connectivity index (χ1) is 15.6. The number of hydrogen-bond acceptors (Lipinski definition) is 8. The van der Waals surface area contributed by atoms with E-state index < -0.39 is 0 Å². The van der Waals surface area contributed by atoms with Gasteiger partial charge in [0, 0.05) is 37.5 Å². The number of allylic oxidation sites excluding steroid dienone is 4. The van der Waals surface area contributed by atoms with E-state index in [1.54, 1.807) is 6.20 Å². The molecule has 0 amide bonds. The molecule has 0 saturated carbocycles. The number of nitrogens with one attached hydrogen (secondary N) is 1. The van der Waals surface area contributed by atoms with E-state index >= 15 is 0 Å². The SMILES string of the molecule is CC1(C)C=CC=C(/C=N/Nc2cc(N3CCOCC3)nc(OCCc3ccccn3)n2)C1. The van der Waals surface area contributed by atoms with Crippen molar-refractivity contribution in [3.63, 3.8) is 0 Å². The first-order valence-electron chi connectivity index (χ1n) is 11.0. The van der Waals surface area contributed by atoms with Crippen molar-refractivity contribution in [3.05, 3.63) is 60.0 Å². The van der Waals surface area contributed by atoms with Crippen molar-refractivity contribution in [3.8, 4) is 6.01 Å². The van der Waals surface area contributed by atoms with Gasteiger partial charge in [0.15, 0.2) is 5.82 Å². The molecule has 1 N–H and O–H groups in total. The van der Waals surface area contributed by atoms with E-state index in [1.165, 1.54) is 5.57 Å². The van der Waals surface area contributed by atoms with Gasteiger partial charge in [-0.05, 0) is 29.5 Å². The highest BCUT2D eigenvalue weighted by atomic mass is 16.5. The Balaban J connectivity index is 1.45. The molecular weight excluding hydrogens is 404 g/mol. The van der Waals surface area contributed by atoms with E-state index in [4.69, 9.17) is 9.47 Å². The third kappa shape index (κ3) is 6.37. The number of morpholine rings is 1. The van der Waals surface area contributed by atoms with Gasteiger partial charge in [0.1, 0.15) is 5.82 Å². The fourth-order valence-electron chi connectivity index (χ4n) is 3.63. The Morgan fingerprint density at radius 2 is 2.12 bits per heavy atom. The van der Waals surface area contributed by atoms with E-state index in [0.29, 0.717) is 38.1 Å². The van der Waals surface area contributed by atoms with E-state index in [9.17, 15) is 0 Å². The van der Waals surface area contributed by atoms with Gasteiger partial charge in [-0.15, -0.1) is 0 Å². The van der Waals surface area contributed by atoms with Crippen LogP contribution in [0.15, 0.2) is 59.4 Å². The van der Waals surface area contributed by atoms with Gasteiger partial charge >= 0.3 is 6.01 Å². The maximum Gasteiger partial charge on any atom is 0.320 e. The van der Waals surface area contributed by atoms with Crippen LogP contribution in [0.4, 0.5) is 11.6 Å². The second kappa shape index (κ2) is 10.4. The lowest BCUT2D eigenvalue weighted by atomic mass is 9.82. The zero-order chi connectivity index (χ0) is 22.2. The maximum atomic E-state index is 5.87. The summed E-state index contributed by atoms with van der Waals surface area (Å²) in [7, 11) is 0. The third-order valence-corrected chi connectivity index (χ3v) is 5.27. The highest BCUT2D eigenvalue weighted by Crippen LogP contribution is 2.29. The minimum absolute atomic E-state index is 0.142. The van der Waals surface area contributed by atoms with Gasteiger partial charge < -0.3 is 14.4 Å². The molecule has 8 nitrogen and oxygen atoms in total. The first-order valence-corrected chi connectivity index (χ1v) is 11.0. The molecule has 0 atom stereocenters. The van der Waals surface area contributed by atoms with E-state index in [0.717, 1.165) is 31.0 Å². The summed E-state index contributed by atoms with van der Waals surface area (Å²) in [5.41, 5.74) is 5.33. The second-order valence-corrected chi connectivity index (χ2v) is 8.55. The van der Waals surface area contributed by atoms with Crippen LogP contribution >= 0.6 is 0 Å². The van der Waals surface area contributed by atoms with Crippen LogP contribution < -0.4 is 15.1 Å². The molecule has 8 heteroatoms. The zero-order valence-electron chi connectivity index (χ0n) is 18.7. The lowest BCUT2D eigenvalue weighted by Crippen LogP contribution is -2.36. The van der Waals surface area contributed by atoms with Gasteiger partial charge in [0.2, 0.25) is 0 Å². The molecule has 0 bridgehead atoms. The minimum Gasteiger partial charge on any atom is -0.463 e. The Bertz CT molecular complexity index is 981. The van der Waals surface area contributed by atoms with E-state index in [1.807, 2.05) is 30.5 Å². The van der Waals surface area contributed by atoms with Crippen molar-refractivity contribution in [1.82, 2.24) is 15.0 Å². The van der Waals surface area contributed by atoms with Gasteiger partial charge in [0.25, 0.3) is 0 Å². The molecular formula is C24H30N6O2. The maximum absolute atomic E-state index is 5.87. The molecule has 1 saturated heterocycles. The molecule has 0 unspecified atom stereocenters. The summed E-state index contributed by atoms with van der Waals surface area (Å²) >= 11 is 0. The Morgan fingerprint density at radius 1 is 1.25 bits per heavy atom.